The van der Waals surface area contributed by atoms with E-state index < -0.39 is 28.0 Å². The van der Waals surface area contributed by atoms with Crippen LogP contribution in [-0.2, 0) is 19.6 Å². The van der Waals surface area contributed by atoms with E-state index in [0.717, 1.165) is 11.3 Å². The van der Waals surface area contributed by atoms with Crippen molar-refractivity contribution in [2.24, 2.45) is 0 Å². The Labute approximate surface area is 218 Å². The Morgan fingerprint density at radius 1 is 0.865 bits per heavy atom. The van der Waals surface area contributed by atoms with Gasteiger partial charge >= 0.3 is 5.97 Å². The van der Waals surface area contributed by atoms with Gasteiger partial charge in [-0.2, -0.15) is 0 Å². The lowest BCUT2D eigenvalue weighted by Gasteiger charge is -2.19. The molecule has 2 N–H and O–H groups in total. The SMILES string of the molecule is CC(=O)c1cccc(NC(=O)[C@@H](OC(=O)c2ccccc2NS(=O)(=O)c2cccs2)c2ccccc2)c1. The van der Waals surface area contributed by atoms with Gasteiger partial charge in [0.2, 0.25) is 6.10 Å². The fourth-order valence-corrected chi connectivity index (χ4v) is 5.53. The highest BCUT2D eigenvalue weighted by molar-refractivity contribution is 7.94. The average molecular weight is 535 g/mol. The summed E-state index contributed by atoms with van der Waals surface area (Å²) in [6.07, 6.45) is -1.35. The zero-order chi connectivity index (χ0) is 26.4. The van der Waals surface area contributed by atoms with Crippen LogP contribution in [0.1, 0.15) is 39.3 Å². The Morgan fingerprint density at radius 3 is 2.30 bits per heavy atom. The minimum atomic E-state index is -3.92. The maximum Gasteiger partial charge on any atom is 0.341 e. The van der Waals surface area contributed by atoms with Gasteiger partial charge in [0, 0.05) is 16.8 Å². The monoisotopic (exact) mass is 534 g/mol. The summed E-state index contributed by atoms with van der Waals surface area (Å²) in [5, 5.41) is 4.31. The number of thiophene rings is 1. The van der Waals surface area contributed by atoms with Gasteiger partial charge in [-0.15, -0.1) is 11.3 Å². The highest BCUT2D eigenvalue weighted by Gasteiger charge is 2.28. The van der Waals surface area contributed by atoms with Crippen molar-refractivity contribution < 1.29 is 27.5 Å². The molecule has 10 heteroatoms. The molecule has 1 heterocycles. The molecule has 0 saturated heterocycles. The number of rotatable bonds is 9. The van der Waals surface area contributed by atoms with Gasteiger partial charge in [0.05, 0.1) is 11.3 Å². The van der Waals surface area contributed by atoms with Gasteiger partial charge in [0.15, 0.2) is 5.78 Å². The van der Waals surface area contributed by atoms with Crippen LogP contribution in [0.5, 0.6) is 0 Å². The second-order valence-corrected chi connectivity index (χ2v) is 10.8. The number of sulfonamides is 1. The number of anilines is 2. The maximum atomic E-state index is 13.2. The zero-order valence-corrected chi connectivity index (χ0v) is 21.2. The third kappa shape index (κ3) is 6.29. The standard InChI is InChI=1S/C27H22N2O6S2/c1-18(30)20-11-7-12-21(17-20)28-26(31)25(19-9-3-2-4-10-19)35-27(32)22-13-5-6-14-23(22)29-37(33,34)24-15-8-16-36-24/h2-17,25,29H,1H3,(H,28,31)/t25-/m0/s1. The summed E-state index contributed by atoms with van der Waals surface area (Å²) in [4.78, 5) is 38.2. The summed E-state index contributed by atoms with van der Waals surface area (Å²) in [7, 11) is -3.92. The van der Waals surface area contributed by atoms with Crippen LogP contribution in [0.3, 0.4) is 0 Å². The van der Waals surface area contributed by atoms with Crippen molar-refractivity contribution in [3.8, 4) is 0 Å². The van der Waals surface area contributed by atoms with Crippen LogP contribution in [0.4, 0.5) is 11.4 Å². The van der Waals surface area contributed by atoms with E-state index in [9.17, 15) is 22.8 Å². The molecule has 0 fully saturated rings. The number of esters is 1. The number of benzene rings is 3. The first-order chi connectivity index (χ1) is 17.7. The fraction of sp³-hybridized carbons (Fsp3) is 0.0741. The zero-order valence-electron chi connectivity index (χ0n) is 19.6. The molecule has 0 saturated carbocycles. The molecule has 0 bridgehead atoms. The number of hydrogen-bond acceptors (Lipinski definition) is 7. The fourth-order valence-electron chi connectivity index (χ4n) is 3.46. The van der Waals surface area contributed by atoms with Crippen LogP contribution in [0.2, 0.25) is 0 Å². The molecule has 4 rings (SSSR count). The van der Waals surface area contributed by atoms with Gasteiger partial charge in [0.25, 0.3) is 15.9 Å². The molecule has 1 aromatic heterocycles. The normalized spacial score (nSPS) is 11.8. The molecule has 1 amide bonds. The Hall–Kier alpha value is -4.28. The van der Waals surface area contributed by atoms with Crippen molar-refractivity contribution in [2.75, 3.05) is 10.0 Å². The lowest BCUT2D eigenvalue weighted by Crippen LogP contribution is -2.26. The minimum absolute atomic E-state index is 0.0160. The summed E-state index contributed by atoms with van der Waals surface area (Å²) >= 11 is 1.04. The molecule has 0 aliphatic heterocycles. The molecule has 0 aliphatic rings. The Kier molecular flexibility index (Phi) is 7.80. The van der Waals surface area contributed by atoms with Crippen molar-refractivity contribution in [3.05, 3.63) is 113 Å². The van der Waals surface area contributed by atoms with Crippen molar-refractivity contribution in [1.29, 1.82) is 0 Å². The van der Waals surface area contributed by atoms with Crippen molar-refractivity contribution >= 4 is 50.4 Å². The third-order valence-corrected chi connectivity index (χ3v) is 8.02. The maximum absolute atomic E-state index is 13.2. The summed E-state index contributed by atoms with van der Waals surface area (Å²) < 4.78 is 33.6. The number of Topliss-reactive ketones (excluding diaryl/α,β-unsaturated/α-hetero) is 1. The predicted octanol–water partition coefficient (Wildman–Crippen LogP) is 5.29. The van der Waals surface area contributed by atoms with Crippen molar-refractivity contribution in [3.63, 3.8) is 0 Å². The first-order valence-corrected chi connectivity index (χ1v) is 13.4. The van der Waals surface area contributed by atoms with E-state index in [2.05, 4.69) is 10.0 Å². The molecular formula is C27H22N2O6S2. The van der Waals surface area contributed by atoms with Crippen LogP contribution >= 0.6 is 11.3 Å². The number of hydrogen-bond donors (Lipinski definition) is 2. The molecule has 3 aromatic carbocycles. The third-order valence-electron chi connectivity index (χ3n) is 5.25. The van der Waals surface area contributed by atoms with Crippen LogP contribution in [-0.4, -0.2) is 26.1 Å². The molecule has 0 spiro atoms. The van der Waals surface area contributed by atoms with Crippen molar-refractivity contribution in [1.82, 2.24) is 0 Å². The molecular weight excluding hydrogens is 512 g/mol. The van der Waals surface area contributed by atoms with E-state index in [-0.39, 0.29) is 21.2 Å². The summed E-state index contributed by atoms with van der Waals surface area (Å²) in [5.74, 6) is -1.70. The number of amides is 1. The van der Waals surface area contributed by atoms with E-state index in [0.29, 0.717) is 16.8 Å². The van der Waals surface area contributed by atoms with E-state index in [1.165, 1.54) is 31.2 Å². The van der Waals surface area contributed by atoms with Crippen LogP contribution in [0.15, 0.2) is 101 Å². The summed E-state index contributed by atoms with van der Waals surface area (Å²) in [5.41, 5.74) is 1.14. The van der Waals surface area contributed by atoms with Gasteiger partial charge < -0.3 is 10.1 Å². The van der Waals surface area contributed by atoms with Gasteiger partial charge in [-0.25, -0.2) is 13.2 Å². The number of ether oxygens (including phenoxy) is 1. The Morgan fingerprint density at radius 2 is 1.59 bits per heavy atom. The topological polar surface area (TPSA) is 119 Å². The number of para-hydroxylation sites is 1. The molecule has 188 valence electrons. The average Bonchev–Trinajstić information content (AvgIpc) is 3.44. The Balaban J connectivity index is 1.61. The van der Waals surface area contributed by atoms with Gasteiger partial charge in [0.1, 0.15) is 4.21 Å². The predicted molar refractivity (Wildman–Crippen MR) is 141 cm³/mol. The highest BCUT2D eigenvalue weighted by Crippen LogP contribution is 2.27. The quantitative estimate of drug-likeness (QED) is 0.223. The lowest BCUT2D eigenvalue weighted by atomic mass is 10.1. The number of nitrogens with one attached hydrogen (secondary N) is 2. The molecule has 8 nitrogen and oxygen atoms in total. The largest absolute Gasteiger partial charge is 0.444 e. The molecule has 4 aromatic rings. The van der Waals surface area contributed by atoms with E-state index in [4.69, 9.17) is 4.74 Å². The number of carbonyl (C=O) groups is 3. The molecule has 1 atom stereocenters. The van der Waals surface area contributed by atoms with Gasteiger partial charge in [-0.05, 0) is 42.6 Å². The second kappa shape index (κ2) is 11.2. The molecule has 0 radical (unpaired) electrons. The first kappa shape index (κ1) is 25.8. The molecule has 0 aliphatic carbocycles. The van der Waals surface area contributed by atoms with Crippen molar-refractivity contribution in [2.45, 2.75) is 17.2 Å². The number of ketones is 1. The van der Waals surface area contributed by atoms with Crippen LogP contribution in [0, 0.1) is 0 Å². The van der Waals surface area contributed by atoms with Gasteiger partial charge in [-0.1, -0.05) is 60.7 Å². The minimum Gasteiger partial charge on any atom is -0.444 e. The van der Waals surface area contributed by atoms with Gasteiger partial charge in [-0.3, -0.25) is 14.3 Å². The van der Waals surface area contributed by atoms with Crippen LogP contribution < -0.4 is 10.0 Å². The van der Waals surface area contributed by atoms with E-state index in [1.807, 2.05) is 0 Å². The molecule has 0 unspecified atom stereocenters. The molecule has 37 heavy (non-hydrogen) atoms. The summed E-state index contributed by atoms with van der Waals surface area (Å²) in [6, 6.07) is 23.9. The van der Waals surface area contributed by atoms with Crippen LogP contribution in [0.25, 0.3) is 0 Å². The second-order valence-electron chi connectivity index (χ2n) is 7.91. The smallest absolute Gasteiger partial charge is 0.341 e. The highest BCUT2D eigenvalue weighted by atomic mass is 32.2. The lowest BCUT2D eigenvalue weighted by molar-refractivity contribution is -0.125. The first-order valence-electron chi connectivity index (χ1n) is 11.1. The Bertz CT molecular complexity index is 1530. The summed E-state index contributed by atoms with van der Waals surface area (Å²) in [6.45, 7) is 1.42. The number of carbonyl (C=O) groups excluding carboxylic acids is 3. The van der Waals surface area contributed by atoms with E-state index in [1.54, 1.807) is 72.1 Å². The van der Waals surface area contributed by atoms with E-state index >= 15 is 0 Å².